The summed E-state index contributed by atoms with van der Waals surface area (Å²) in [5, 5.41) is 0. The van der Waals surface area contributed by atoms with Crippen molar-refractivity contribution < 1.29 is 0 Å². The maximum Gasteiger partial charge on any atom is 0.0723 e. The molecule has 3 nitrogen and oxygen atoms in total. The molecule has 3 heteroatoms. The highest BCUT2D eigenvalue weighted by atomic mass is 14.7. The van der Waals surface area contributed by atoms with Crippen LogP contribution in [-0.4, -0.2) is 4.98 Å². The Labute approximate surface area is 82.4 Å². The van der Waals surface area contributed by atoms with Crippen molar-refractivity contribution in [2.45, 2.75) is 0 Å². The van der Waals surface area contributed by atoms with E-state index in [1.54, 1.807) is 12.3 Å². The highest BCUT2D eigenvalue weighted by molar-refractivity contribution is 5.66. The van der Waals surface area contributed by atoms with E-state index in [1.165, 1.54) is 0 Å². The minimum Gasteiger partial charge on any atom is -0.399 e. The van der Waals surface area contributed by atoms with Gasteiger partial charge in [-0.15, -0.1) is 0 Å². The van der Waals surface area contributed by atoms with E-state index in [4.69, 9.17) is 11.5 Å². The number of benzene rings is 1. The van der Waals surface area contributed by atoms with Gasteiger partial charge >= 0.3 is 0 Å². The Balaban J connectivity index is 2.49. The minimum absolute atomic E-state index is 0.706. The topological polar surface area (TPSA) is 64.9 Å². The molecule has 0 aliphatic carbocycles. The molecular formula is C11H11N3. The molecule has 0 saturated carbocycles. The molecule has 0 aliphatic rings. The van der Waals surface area contributed by atoms with Gasteiger partial charge in [0, 0.05) is 23.1 Å². The number of nitrogen functional groups attached to an aromatic ring is 2. The first-order valence-electron chi connectivity index (χ1n) is 4.33. The Morgan fingerprint density at radius 1 is 0.929 bits per heavy atom. The van der Waals surface area contributed by atoms with E-state index in [1.807, 2.05) is 30.3 Å². The van der Waals surface area contributed by atoms with E-state index in [2.05, 4.69) is 4.98 Å². The Hall–Kier alpha value is -2.03. The molecule has 0 spiro atoms. The van der Waals surface area contributed by atoms with Crippen LogP contribution in [0, 0.1) is 0 Å². The number of hydrogen-bond donors (Lipinski definition) is 2. The highest BCUT2D eigenvalue weighted by Gasteiger charge is 1.98. The number of aromatic nitrogens is 1. The third-order valence-electron chi connectivity index (χ3n) is 1.97. The molecule has 0 bridgehead atoms. The summed E-state index contributed by atoms with van der Waals surface area (Å²) in [5.74, 6) is 0. The predicted octanol–water partition coefficient (Wildman–Crippen LogP) is 1.91. The molecule has 2 aromatic rings. The number of nitrogens with zero attached hydrogens (tertiary/aromatic N) is 1. The standard InChI is InChI=1S/C11H11N3/c12-9-3-1-2-8(6-9)11-7-10(13)4-5-14-11/h1-7H,12H2,(H2,13,14). The summed E-state index contributed by atoms with van der Waals surface area (Å²) in [6.45, 7) is 0. The van der Waals surface area contributed by atoms with Gasteiger partial charge in [-0.25, -0.2) is 0 Å². The fourth-order valence-corrected chi connectivity index (χ4v) is 1.30. The van der Waals surface area contributed by atoms with Crippen LogP contribution in [0.15, 0.2) is 42.6 Å². The summed E-state index contributed by atoms with van der Waals surface area (Å²) in [6, 6.07) is 11.2. The lowest BCUT2D eigenvalue weighted by Gasteiger charge is -2.02. The third-order valence-corrected chi connectivity index (χ3v) is 1.97. The van der Waals surface area contributed by atoms with Gasteiger partial charge in [0.1, 0.15) is 0 Å². The Kier molecular flexibility index (Phi) is 2.07. The summed E-state index contributed by atoms with van der Waals surface area (Å²) in [7, 11) is 0. The Morgan fingerprint density at radius 2 is 1.71 bits per heavy atom. The molecule has 0 atom stereocenters. The molecule has 1 aromatic heterocycles. The van der Waals surface area contributed by atoms with Crippen LogP contribution in [0.3, 0.4) is 0 Å². The Bertz CT molecular complexity index is 408. The van der Waals surface area contributed by atoms with Crippen molar-refractivity contribution in [2.75, 3.05) is 11.5 Å². The molecule has 0 amide bonds. The summed E-state index contributed by atoms with van der Waals surface area (Å²) in [4.78, 5) is 4.22. The summed E-state index contributed by atoms with van der Waals surface area (Å²) in [5.41, 5.74) is 14.6. The Morgan fingerprint density at radius 3 is 2.43 bits per heavy atom. The van der Waals surface area contributed by atoms with Crippen LogP contribution in [0.1, 0.15) is 0 Å². The van der Waals surface area contributed by atoms with E-state index in [-0.39, 0.29) is 0 Å². The van der Waals surface area contributed by atoms with Crippen LogP contribution >= 0.6 is 0 Å². The zero-order valence-electron chi connectivity index (χ0n) is 7.64. The normalized spacial score (nSPS) is 10.0. The van der Waals surface area contributed by atoms with E-state index < -0.39 is 0 Å². The van der Waals surface area contributed by atoms with Gasteiger partial charge in [0.05, 0.1) is 5.69 Å². The summed E-state index contributed by atoms with van der Waals surface area (Å²) >= 11 is 0. The van der Waals surface area contributed by atoms with Crippen molar-refractivity contribution in [3.8, 4) is 11.3 Å². The van der Waals surface area contributed by atoms with E-state index in [0.717, 1.165) is 16.9 Å². The van der Waals surface area contributed by atoms with Crippen LogP contribution in [0.25, 0.3) is 11.3 Å². The largest absolute Gasteiger partial charge is 0.399 e. The molecule has 0 aliphatic heterocycles. The van der Waals surface area contributed by atoms with Crippen molar-refractivity contribution in [1.29, 1.82) is 0 Å². The average Bonchev–Trinajstić information content (AvgIpc) is 2.18. The molecular weight excluding hydrogens is 174 g/mol. The van der Waals surface area contributed by atoms with Gasteiger partial charge < -0.3 is 11.5 Å². The second-order valence-corrected chi connectivity index (χ2v) is 3.10. The number of hydrogen-bond acceptors (Lipinski definition) is 3. The van der Waals surface area contributed by atoms with E-state index in [0.29, 0.717) is 5.69 Å². The quantitative estimate of drug-likeness (QED) is 0.667. The smallest absolute Gasteiger partial charge is 0.0723 e. The lowest BCUT2D eigenvalue weighted by atomic mass is 10.1. The lowest BCUT2D eigenvalue weighted by molar-refractivity contribution is 1.33. The van der Waals surface area contributed by atoms with Crippen molar-refractivity contribution in [3.05, 3.63) is 42.6 Å². The first kappa shape index (κ1) is 8.56. The van der Waals surface area contributed by atoms with Crippen molar-refractivity contribution in [3.63, 3.8) is 0 Å². The zero-order chi connectivity index (χ0) is 9.97. The molecule has 1 heterocycles. The lowest BCUT2D eigenvalue weighted by Crippen LogP contribution is -1.90. The summed E-state index contributed by atoms with van der Waals surface area (Å²) < 4.78 is 0. The van der Waals surface area contributed by atoms with Gasteiger partial charge in [0.15, 0.2) is 0 Å². The second-order valence-electron chi connectivity index (χ2n) is 3.10. The van der Waals surface area contributed by atoms with Crippen molar-refractivity contribution in [1.82, 2.24) is 4.98 Å². The number of pyridine rings is 1. The molecule has 1 aromatic carbocycles. The van der Waals surface area contributed by atoms with Gasteiger partial charge in [0.2, 0.25) is 0 Å². The average molecular weight is 185 g/mol. The SMILES string of the molecule is Nc1cccc(-c2cc(N)ccn2)c1. The number of rotatable bonds is 1. The first-order chi connectivity index (χ1) is 6.75. The maximum atomic E-state index is 5.67. The van der Waals surface area contributed by atoms with E-state index >= 15 is 0 Å². The first-order valence-corrected chi connectivity index (χ1v) is 4.33. The molecule has 0 radical (unpaired) electrons. The predicted molar refractivity (Wildman–Crippen MR) is 58.5 cm³/mol. The second kappa shape index (κ2) is 3.38. The molecule has 70 valence electrons. The van der Waals surface area contributed by atoms with Gasteiger partial charge in [-0.3, -0.25) is 4.98 Å². The zero-order valence-corrected chi connectivity index (χ0v) is 7.64. The fraction of sp³-hybridized carbons (Fsp3) is 0. The fourth-order valence-electron chi connectivity index (χ4n) is 1.30. The molecule has 14 heavy (non-hydrogen) atoms. The summed E-state index contributed by atoms with van der Waals surface area (Å²) in [6.07, 6.45) is 1.69. The van der Waals surface area contributed by atoms with Crippen LogP contribution in [0.4, 0.5) is 11.4 Å². The van der Waals surface area contributed by atoms with Gasteiger partial charge in [-0.05, 0) is 24.3 Å². The van der Waals surface area contributed by atoms with Gasteiger partial charge in [-0.2, -0.15) is 0 Å². The van der Waals surface area contributed by atoms with Crippen molar-refractivity contribution >= 4 is 11.4 Å². The van der Waals surface area contributed by atoms with Crippen molar-refractivity contribution in [2.24, 2.45) is 0 Å². The highest BCUT2D eigenvalue weighted by Crippen LogP contribution is 2.20. The van der Waals surface area contributed by atoms with Crippen LogP contribution < -0.4 is 11.5 Å². The molecule has 2 rings (SSSR count). The number of nitrogens with two attached hydrogens (primary N) is 2. The van der Waals surface area contributed by atoms with Gasteiger partial charge in [-0.1, -0.05) is 12.1 Å². The molecule has 0 unspecified atom stereocenters. The minimum atomic E-state index is 0.706. The van der Waals surface area contributed by atoms with Gasteiger partial charge in [0.25, 0.3) is 0 Å². The van der Waals surface area contributed by atoms with Crippen LogP contribution in [0.2, 0.25) is 0 Å². The molecule has 4 N–H and O–H groups in total. The third kappa shape index (κ3) is 1.66. The van der Waals surface area contributed by atoms with Crippen LogP contribution in [-0.2, 0) is 0 Å². The molecule has 0 saturated heterocycles. The van der Waals surface area contributed by atoms with Crippen LogP contribution in [0.5, 0.6) is 0 Å². The maximum absolute atomic E-state index is 5.67. The monoisotopic (exact) mass is 185 g/mol. The van der Waals surface area contributed by atoms with E-state index in [9.17, 15) is 0 Å². The molecule has 0 fully saturated rings. The number of anilines is 2.